The number of carbonyl (C=O) groups excluding carboxylic acids is 1. The van der Waals surface area contributed by atoms with Crippen LogP contribution in [0.3, 0.4) is 0 Å². The van der Waals surface area contributed by atoms with Gasteiger partial charge in [-0.25, -0.2) is 0 Å². The molecule has 1 aliphatic heterocycles. The molecule has 5 nitrogen and oxygen atoms in total. The second-order valence-corrected chi connectivity index (χ2v) is 6.72. The number of aliphatic imine (C=N–C) groups is 1. The molecule has 0 radical (unpaired) electrons. The molecular weight excluding hydrogens is 314 g/mol. The van der Waals surface area contributed by atoms with Gasteiger partial charge in [0.1, 0.15) is 0 Å². The van der Waals surface area contributed by atoms with Crippen LogP contribution in [0.25, 0.3) is 0 Å². The fraction of sp³-hybridized carbons (Fsp3) is 0.600. The molecule has 0 amide bonds. The number of methoxy groups -OCH3 is 1. The van der Waals surface area contributed by atoms with Gasteiger partial charge in [-0.3, -0.25) is 9.79 Å². The summed E-state index contributed by atoms with van der Waals surface area (Å²) in [4.78, 5) is 19.0. The molecule has 1 fully saturated rings. The lowest BCUT2D eigenvalue weighted by molar-refractivity contribution is -0.145. The van der Waals surface area contributed by atoms with Gasteiger partial charge >= 0.3 is 5.97 Å². The van der Waals surface area contributed by atoms with Crippen molar-refractivity contribution >= 4 is 11.9 Å². The summed E-state index contributed by atoms with van der Waals surface area (Å²) in [5, 5.41) is 3.38. The number of rotatable bonds is 6. The van der Waals surface area contributed by atoms with Crippen molar-refractivity contribution in [2.45, 2.75) is 33.1 Å². The summed E-state index contributed by atoms with van der Waals surface area (Å²) in [5.41, 5.74) is 1.33. The molecule has 0 spiro atoms. The Hall–Kier alpha value is -2.04. The van der Waals surface area contributed by atoms with E-state index in [4.69, 9.17) is 9.73 Å². The summed E-state index contributed by atoms with van der Waals surface area (Å²) in [6, 6.07) is 10.5. The van der Waals surface area contributed by atoms with E-state index in [1.165, 1.54) is 12.7 Å². The van der Waals surface area contributed by atoms with Crippen molar-refractivity contribution in [1.29, 1.82) is 0 Å². The summed E-state index contributed by atoms with van der Waals surface area (Å²) >= 11 is 0. The molecule has 0 bridgehead atoms. The molecule has 1 aromatic carbocycles. The van der Waals surface area contributed by atoms with Crippen LogP contribution in [0, 0.1) is 11.8 Å². The van der Waals surface area contributed by atoms with Gasteiger partial charge in [0.15, 0.2) is 5.96 Å². The first kappa shape index (κ1) is 19.3. The van der Waals surface area contributed by atoms with Crippen molar-refractivity contribution in [3.8, 4) is 0 Å². The lowest BCUT2D eigenvalue weighted by Gasteiger charge is -2.22. The van der Waals surface area contributed by atoms with Crippen LogP contribution in [0.1, 0.15) is 38.7 Å². The molecule has 0 aliphatic carbocycles. The van der Waals surface area contributed by atoms with Gasteiger partial charge in [0.25, 0.3) is 0 Å². The highest BCUT2D eigenvalue weighted by Gasteiger charge is 2.36. The number of esters is 1. The Kier molecular flexibility index (Phi) is 7.29. The van der Waals surface area contributed by atoms with E-state index < -0.39 is 0 Å². The minimum absolute atomic E-state index is 0.0787. The number of guanidine groups is 1. The van der Waals surface area contributed by atoms with Crippen LogP contribution in [-0.2, 0) is 9.53 Å². The molecule has 25 heavy (non-hydrogen) atoms. The fourth-order valence-electron chi connectivity index (χ4n) is 3.42. The summed E-state index contributed by atoms with van der Waals surface area (Å²) in [6.07, 6.45) is 1.05. The van der Waals surface area contributed by atoms with Crippen molar-refractivity contribution in [2.75, 3.05) is 33.3 Å². The normalized spacial score (nSPS) is 21.9. The van der Waals surface area contributed by atoms with Gasteiger partial charge < -0.3 is 15.0 Å². The monoisotopic (exact) mass is 345 g/mol. The maximum atomic E-state index is 11.9. The molecule has 138 valence electrons. The first-order valence-corrected chi connectivity index (χ1v) is 9.26. The predicted octanol–water partition coefficient (Wildman–Crippen LogP) is 2.89. The Balaban J connectivity index is 2.09. The van der Waals surface area contributed by atoms with Crippen LogP contribution in [0.4, 0.5) is 0 Å². The minimum Gasteiger partial charge on any atom is -0.469 e. The van der Waals surface area contributed by atoms with E-state index >= 15 is 0 Å². The minimum atomic E-state index is -0.124. The molecule has 3 unspecified atom stereocenters. The van der Waals surface area contributed by atoms with Crippen LogP contribution >= 0.6 is 0 Å². The Morgan fingerprint density at radius 1 is 1.32 bits per heavy atom. The number of nitrogens with one attached hydrogen (secondary N) is 1. The SMILES string of the molecule is CCNC(=NCC(CC)c1ccccc1)N1CC(C)C(C(=O)OC)C1. The molecule has 0 aromatic heterocycles. The number of hydrogen-bond donors (Lipinski definition) is 1. The number of carbonyl (C=O) groups is 1. The molecule has 1 aliphatic rings. The molecule has 1 aromatic rings. The fourth-order valence-corrected chi connectivity index (χ4v) is 3.42. The van der Waals surface area contributed by atoms with Crippen LogP contribution in [0.15, 0.2) is 35.3 Å². The molecule has 3 atom stereocenters. The predicted molar refractivity (Wildman–Crippen MR) is 102 cm³/mol. The standard InChI is InChI=1S/C20H31N3O2/c1-5-16(17-10-8-7-9-11-17)12-22-20(21-6-2)23-13-15(3)18(14-23)19(24)25-4/h7-11,15-16,18H,5-6,12-14H2,1-4H3,(H,21,22). The zero-order valence-corrected chi connectivity index (χ0v) is 15.9. The maximum absolute atomic E-state index is 11.9. The van der Waals surface area contributed by atoms with Gasteiger partial charge in [-0.05, 0) is 24.8 Å². The number of hydrogen-bond acceptors (Lipinski definition) is 3. The van der Waals surface area contributed by atoms with E-state index in [1.807, 2.05) is 6.07 Å². The number of nitrogens with zero attached hydrogens (tertiary/aromatic N) is 2. The van der Waals surface area contributed by atoms with E-state index in [0.29, 0.717) is 12.5 Å². The Labute approximate surface area is 151 Å². The second kappa shape index (κ2) is 9.44. The van der Waals surface area contributed by atoms with E-state index in [0.717, 1.165) is 32.0 Å². The summed E-state index contributed by atoms with van der Waals surface area (Å²) in [5.74, 6) is 1.38. The molecule has 1 heterocycles. The highest BCUT2D eigenvalue weighted by Crippen LogP contribution is 2.25. The van der Waals surface area contributed by atoms with Crippen LogP contribution in [0.2, 0.25) is 0 Å². The number of ether oxygens (including phenoxy) is 1. The Bertz CT molecular complexity index is 574. The van der Waals surface area contributed by atoms with Gasteiger partial charge in [0.05, 0.1) is 13.0 Å². The topological polar surface area (TPSA) is 53.9 Å². The van der Waals surface area contributed by atoms with Crippen LogP contribution < -0.4 is 5.32 Å². The van der Waals surface area contributed by atoms with Gasteiger partial charge in [0, 0.05) is 32.1 Å². The first-order valence-electron chi connectivity index (χ1n) is 9.26. The van der Waals surface area contributed by atoms with Crippen LogP contribution in [-0.4, -0.2) is 50.1 Å². The second-order valence-electron chi connectivity index (χ2n) is 6.72. The quantitative estimate of drug-likeness (QED) is 0.489. The zero-order chi connectivity index (χ0) is 18.2. The highest BCUT2D eigenvalue weighted by molar-refractivity contribution is 5.82. The van der Waals surface area contributed by atoms with Crippen LogP contribution in [0.5, 0.6) is 0 Å². The third-order valence-electron chi connectivity index (χ3n) is 4.98. The first-order chi connectivity index (χ1) is 12.1. The molecule has 0 saturated carbocycles. The largest absolute Gasteiger partial charge is 0.469 e. The van der Waals surface area contributed by atoms with Crippen molar-refractivity contribution in [3.05, 3.63) is 35.9 Å². The van der Waals surface area contributed by atoms with Gasteiger partial charge in [-0.15, -0.1) is 0 Å². The highest BCUT2D eigenvalue weighted by atomic mass is 16.5. The number of likely N-dealkylation sites (tertiary alicyclic amines) is 1. The van der Waals surface area contributed by atoms with Crippen molar-refractivity contribution in [3.63, 3.8) is 0 Å². The van der Waals surface area contributed by atoms with Gasteiger partial charge in [-0.2, -0.15) is 0 Å². The van der Waals surface area contributed by atoms with E-state index in [1.54, 1.807) is 0 Å². The summed E-state index contributed by atoms with van der Waals surface area (Å²) in [7, 11) is 1.46. The van der Waals surface area contributed by atoms with Gasteiger partial charge in [-0.1, -0.05) is 44.2 Å². The zero-order valence-electron chi connectivity index (χ0n) is 15.9. The lowest BCUT2D eigenvalue weighted by atomic mass is 9.97. The Morgan fingerprint density at radius 2 is 2.04 bits per heavy atom. The third kappa shape index (κ3) is 4.97. The van der Waals surface area contributed by atoms with Crippen molar-refractivity contribution in [1.82, 2.24) is 10.2 Å². The molecule has 1 N–H and O–H groups in total. The lowest BCUT2D eigenvalue weighted by Crippen LogP contribution is -2.41. The third-order valence-corrected chi connectivity index (χ3v) is 4.98. The molecular formula is C20H31N3O2. The Morgan fingerprint density at radius 3 is 2.64 bits per heavy atom. The van der Waals surface area contributed by atoms with E-state index in [-0.39, 0.29) is 17.8 Å². The average molecular weight is 345 g/mol. The summed E-state index contributed by atoms with van der Waals surface area (Å²) < 4.78 is 4.94. The summed E-state index contributed by atoms with van der Waals surface area (Å²) in [6.45, 7) is 9.43. The average Bonchev–Trinajstić information content (AvgIpc) is 3.03. The smallest absolute Gasteiger partial charge is 0.310 e. The van der Waals surface area contributed by atoms with E-state index in [9.17, 15) is 4.79 Å². The van der Waals surface area contributed by atoms with Crippen molar-refractivity contribution in [2.24, 2.45) is 16.8 Å². The maximum Gasteiger partial charge on any atom is 0.310 e. The van der Waals surface area contributed by atoms with Gasteiger partial charge in [0.2, 0.25) is 0 Å². The molecule has 1 saturated heterocycles. The molecule has 5 heteroatoms. The van der Waals surface area contributed by atoms with Crippen molar-refractivity contribution < 1.29 is 9.53 Å². The number of benzene rings is 1. The molecule has 2 rings (SSSR count). The van der Waals surface area contributed by atoms with E-state index in [2.05, 4.69) is 55.3 Å².